The number of nitrogens with one attached hydrogen (secondary N) is 1. The number of ether oxygens (including phenoxy) is 1. The SMILES string of the molecule is CCO[C@@H]1CSc2c(-c3ccc(F)c(Cl)c3)c(C(F)(F)F)cc3c(=O)[nH]c(=O)n(c23)C1. The minimum Gasteiger partial charge on any atom is -0.376 e. The molecule has 0 unspecified atom stereocenters. The summed E-state index contributed by atoms with van der Waals surface area (Å²) in [5.74, 6) is -0.523. The van der Waals surface area contributed by atoms with Crippen LogP contribution in [-0.4, -0.2) is 28.0 Å². The molecule has 1 aliphatic rings. The van der Waals surface area contributed by atoms with Gasteiger partial charge in [0.25, 0.3) is 5.56 Å². The molecule has 0 saturated heterocycles. The van der Waals surface area contributed by atoms with Crippen LogP contribution >= 0.6 is 23.4 Å². The van der Waals surface area contributed by atoms with Gasteiger partial charge in [0, 0.05) is 22.8 Å². The van der Waals surface area contributed by atoms with Crippen molar-refractivity contribution < 1.29 is 22.3 Å². The van der Waals surface area contributed by atoms with Crippen LogP contribution in [0.2, 0.25) is 5.02 Å². The lowest BCUT2D eigenvalue weighted by Gasteiger charge is -2.20. The van der Waals surface area contributed by atoms with E-state index in [1.807, 2.05) is 0 Å². The van der Waals surface area contributed by atoms with Gasteiger partial charge in [0.1, 0.15) is 5.82 Å². The molecule has 3 aromatic rings. The molecule has 0 fully saturated rings. The number of hydrogen-bond acceptors (Lipinski definition) is 4. The van der Waals surface area contributed by atoms with Gasteiger partial charge in [-0.15, -0.1) is 11.8 Å². The third-order valence-corrected chi connectivity index (χ3v) is 6.47. The number of aromatic amines is 1. The Hall–Kier alpha value is -2.30. The van der Waals surface area contributed by atoms with Crippen LogP contribution < -0.4 is 11.2 Å². The summed E-state index contributed by atoms with van der Waals surface area (Å²) in [7, 11) is 0. The number of nitrogens with zero attached hydrogens (tertiary/aromatic N) is 1. The Morgan fingerprint density at radius 3 is 2.68 bits per heavy atom. The minimum atomic E-state index is -4.82. The van der Waals surface area contributed by atoms with E-state index < -0.39 is 34.9 Å². The molecule has 1 atom stereocenters. The molecule has 4 rings (SSSR count). The number of H-pyrrole nitrogens is 1. The van der Waals surface area contributed by atoms with Gasteiger partial charge in [0.05, 0.1) is 34.1 Å². The van der Waals surface area contributed by atoms with E-state index in [4.69, 9.17) is 16.3 Å². The molecule has 11 heteroatoms. The predicted octanol–water partition coefficient (Wildman–Crippen LogP) is 4.68. The second-order valence-electron chi connectivity index (χ2n) is 6.91. The lowest BCUT2D eigenvalue weighted by Crippen LogP contribution is -2.34. The van der Waals surface area contributed by atoms with Crippen molar-refractivity contribution in [3.05, 3.63) is 61.5 Å². The number of benzene rings is 2. The summed E-state index contributed by atoms with van der Waals surface area (Å²) in [6.45, 7) is 2.17. The zero-order valence-electron chi connectivity index (χ0n) is 16.0. The van der Waals surface area contributed by atoms with Crippen LogP contribution in [0.25, 0.3) is 22.0 Å². The summed E-state index contributed by atoms with van der Waals surface area (Å²) in [4.78, 5) is 27.2. The van der Waals surface area contributed by atoms with Gasteiger partial charge in [-0.25, -0.2) is 9.18 Å². The van der Waals surface area contributed by atoms with E-state index in [1.165, 1.54) is 10.6 Å². The molecule has 0 amide bonds. The van der Waals surface area contributed by atoms with Crippen LogP contribution in [0.1, 0.15) is 12.5 Å². The highest BCUT2D eigenvalue weighted by Gasteiger charge is 2.38. The molecule has 0 spiro atoms. The molecule has 0 saturated carbocycles. The smallest absolute Gasteiger partial charge is 0.376 e. The summed E-state index contributed by atoms with van der Waals surface area (Å²) in [5.41, 5.74) is -2.88. The van der Waals surface area contributed by atoms with Gasteiger partial charge >= 0.3 is 11.9 Å². The second-order valence-corrected chi connectivity index (χ2v) is 8.35. The average Bonchev–Trinajstić information content (AvgIpc) is 2.88. The van der Waals surface area contributed by atoms with E-state index in [-0.39, 0.29) is 44.2 Å². The summed E-state index contributed by atoms with van der Waals surface area (Å²) in [5, 5.41) is -0.601. The standard InChI is InChI=1S/C20H15ClF4N2O3S/c1-2-30-10-7-27-16-11(18(28)26-19(27)29)6-12(20(23,24)25)15(17(16)31-8-10)9-3-4-14(22)13(21)5-9/h3-6,10H,2,7-8H2,1H3,(H,26,28,29)/t10-/m0/s1. The van der Waals surface area contributed by atoms with E-state index in [9.17, 15) is 27.2 Å². The fourth-order valence-electron chi connectivity index (χ4n) is 3.67. The fraction of sp³-hybridized carbons (Fsp3) is 0.300. The lowest BCUT2D eigenvalue weighted by atomic mass is 9.96. The predicted molar refractivity (Wildman–Crippen MR) is 110 cm³/mol. The maximum absolute atomic E-state index is 14.1. The summed E-state index contributed by atoms with van der Waals surface area (Å²) < 4.78 is 62.7. The highest BCUT2D eigenvalue weighted by Crippen LogP contribution is 2.46. The monoisotopic (exact) mass is 474 g/mol. The normalized spacial score (nSPS) is 16.5. The van der Waals surface area contributed by atoms with E-state index in [0.29, 0.717) is 6.61 Å². The van der Waals surface area contributed by atoms with Crippen LogP contribution in [0.5, 0.6) is 0 Å². The number of thioether (sulfide) groups is 1. The Bertz CT molecular complexity index is 1300. The molecular weight excluding hydrogens is 460 g/mol. The van der Waals surface area contributed by atoms with Gasteiger partial charge < -0.3 is 4.74 Å². The lowest BCUT2D eigenvalue weighted by molar-refractivity contribution is -0.137. The highest BCUT2D eigenvalue weighted by atomic mass is 35.5. The van der Waals surface area contributed by atoms with E-state index >= 15 is 0 Å². The van der Waals surface area contributed by atoms with Crippen LogP contribution in [-0.2, 0) is 17.5 Å². The van der Waals surface area contributed by atoms with Crippen LogP contribution in [0.15, 0.2) is 38.8 Å². The first-order valence-corrected chi connectivity index (χ1v) is 10.6. The van der Waals surface area contributed by atoms with E-state index in [0.717, 1.165) is 30.0 Å². The molecule has 164 valence electrons. The molecule has 1 aliphatic heterocycles. The maximum Gasteiger partial charge on any atom is 0.417 e. The third-order valence-electron chi connectivity index (χ3n) is 4.95. The van der Waals surface area contributed by atoms with E-state index in [1.54, 1.807) is 6.92 Å². The first kappa shape index (κ1) is 21.9. The zero-order chi connectivity index (χ0) is 22.5. The molecule has 0 aliphatic carbocycles. The topological polar surface area (TPSA) is 64.1 Å². The molecule has 5 nitrogen and oxygen atoms in total. The second kappa shape index (κ2) is 7.99. The molecule has 0 bridgehead atoms. The molecule has 1 aromatic heterocycles. The summed E-state index contributed by atoms with van der Waals surface area (Å²) in [6, 6.07) is 3.99. The van der Waals surface area contributed by atoms with Crippen LogP contribution in [0.3, 0.4) is 0 Å². The van der Waals surface area contributed by atoms with Gasteiger partial charge in [-0.05, 0) is 30.7 Å². The van der Waals surface area contributed by atoms with Crippen molar-refractivity contribution in [1.29, 1.82) is 0 Å². The Kier molecular flexibility index (Phi) is 5.65. The Morgan fingerprint density at radius 2 is 2.03 bits per heavy atom. The quantitative estimate of drug-likeness (QED) is 0.560. The van der Waals surface area contributed by atoms with Crippen molar-refractivity contribution in [2.75, 3.05) is 12.4 Å². The van der Waals surface area contributed by atoms with Gasteiger partial charge in [-0.3, -0.25) is 14.3 Å². The van der Waals surface area contributed by atoms with Crippen molar-refractivity contribution in [3.8, 4) is 11.1 Å². The summed E-state index contributed by atoms with van der Waals surface area (Å²) >= 11 is 6.90. The largest absolute Gasteiger partial charge is 0.417 e. The van der Waals surface area contributed by atoms with Crippen molar-refractivity contribution >= 4 is 34.3 Å². The van der Waals surface area contributed by atoms with Crippen molar-refractivity contribution in [2.45, 2.75) is 30.6 Å². The Labute approximate surface area is 182 Å². The molecule has 2 aromatic carbocycles. The molecule has 31 heavy (non-hydrogen) atoms. The fourth-order valence-corrected chi connectivity index (χ4v) is 5.13. The molecule has 2 heterocycles. The first-order valence-electron chi connectivity index (χ1n) is 9.22. The number of rotatable bonds is 3. The summed E-state index contributed by atoms with van der Waals surface area (Å²) in [6.07, 6.45) is -5.28. The molecule has 1 N–H and O–H groups in total. The minimum absolute atomic E-state index is 0.0252. The Balaban J connectivity index is 2.16. The first-order chi connectivity index (χ1) is 14.6. The van der Waals surface area contributed by atoms with Crippen molar-refractivity contribution in [3.63, 3.8) is 0 Å². The number of halogens is 5. The van der Waals surface area contributed by atoms with Gasteiger partial charge in [0.15, 0.2) is 0 Å². The maximum atomic E-state index is 14.1. The molecule has 0 radical (unpaired) electrons. The van der Waals surface area contributed by atoms with Crippen LogP contribution in [0, 0.1) is 5.82 Å². The zero-order valence-corrected chi connectivity index (χ0v) is 17.6. The highest BCUT2D eigenvalue weighted by molar-refractivity contribution is 7.99. The Morgan fingerprint density at radius 1 is 1.29 bits per heavy atom. The molecular formula is C20H15ClF4N2O3S. The van der Waals surface area contributed by atoms with E-state index in [2.05, 4.69) is 4.98 Å². The average molecular weight is 475 g/mol. The third kappa shape index (κ3) is 3.88. The van der Waals surface area contributed by atoms with Gasteiger partial charge in [0.2, 0.25) is 0 Å². The van der Waals surface area contributed by atoms with Crippen LogP contribution in [0.4, 0.5) is 17.6 Å². The number of alkyl halides is 3. The van der Waals surface area contributed by atoms with Gasteiger partial charge in [-0.2, -0.15) is 13.2 Å². The van der Waals surface area contributed by atoms with Crippen molar-refractivity contribution in [2.24, 2.45) is 0 Å². The number of aromatic nitrogens is 2. The van der Waals surface area contributed by atoms with Crippen molar-refractivity contribution in [1.82, 2.24) is 9.55 Å². The van der Waals surface area contributed by atoms with Gasteiger partial charge in [-0.1, -0.05) is 17.7 Å². The number of hydrogen-bond donors (Lipinski definition) is 1.